The second kappa shape index (κ2) is 5.67. The number of nitrogens with zero attached hydrogens (tertiary/aromatic N) is 1. The molecule has 0 aliphatic carbocycles. The first kappa shape index (κ1) is 14.0. The van der Waals surface area contributed by atoms with Gasteiger partial charge in [0.2, 0.25) is 0 Å². The van der Waals surface area contributed by atoms with Gasteiger partial charge in [-0.1, -0.05) is 12.1 Å². The number of nitrogens with two attached hydrogens (primary N) is 1. The summed E-state index contributed by atoms with van der Waals surface area (Å²) >= 11 is 0. The van der Waals surface area contributed by atoms with E-state index in [1.54, 1.807) is 13.1 Å². The molecule has 0 spiro atoms. The highest BCUT2D eigenvalue weighted by molar-refractivity contribution is 7.91. The van der Waals surface area contributed by atoms with Crippen molar-refractivity contribution >= 4 is 20.7 Å². The van der Waals surface area contributed by atoms with Gasteiger partial charge in [0.05, 0.1) is 16.5 Å². The maximum atomic E-state index is 12.2. The molecule has 0 saturated carbocycles. The van der Waals surface area contributed by atoms with Gasteiger partial charge in [0, 0.05) is 11.6 Å². The molecule has 0 aliphatic heterocycles. The predicted octanol–water partition coefficient (Wildman–Crippen LogP) is 1.89. The van der Waals surface area contributed by atoms with Crippen molar-refractivity contribution in [2.45, 2.75) is 24.3 Å². The van der Waals surface area contributed by atoms with E-state index in [-0.39, 0.29) is 5.75 Å². The third-order valence-electron chi connectivity index (χ3n) is 3.22. The van der Waals surface area contributed by atoms with Crippen LogP contribution in [-0.2, 0) is 15.6 Å². The molecular weight excluding hydrogens is 260 g/mol. The second-order valence-electron chi connectivity index (χ2n) is 4.73. The van der Waals surface area contributed by atoms with Crippen molar-refractivity contribution in [3.8, 4) is 0 Å². The molecule has 2 N–H and O–H groups in total. The van der Waals surface area contributed by atoms with Crippen LogP contribution in [0, 0.1) is 0 Å². The Labute approximate surface area is 113 Å². The molecule has 0 radical (unpaired) electrons. The summed E-state index contributed by atoms with van der Waals surface area (Å²) in [5.74, 6) is 0.0546. The van der Waals surface area contributed by atoms with Gasteiger partial charge in [-0.15, -0.1) is 0 Å². The smallest absolute Gasteiger partial charge is 0.157 e. The highest BCUT2D eigenvalue weighted by Crippen LogP contribution is 2.18. The van der Waals surface area contributed by atoms with E-state index < -0.39 is 15.1 Å². The number of sulfone groups is 1. The lowest BCUT2D eigenvalue weighted by molar-refractivity contribution is 0.577. The van der Waals surface area contributed by atoms with Crippen LogP contribution in [0.25, 0.3) is 10.9 Å². The molecule has 0 bridgehead atoms. The Morgan fingerprint density at radius 3 is 2.84 bits per heavy atom. The zero-order chi connectivity index (χ0) is 13.9. The maximum absolute atomic E-state index is 12.2. The summed E-state index contributed by atoms with van der Waals surface area (Å²) in [6.45, 7) is 2.10. The van der Waals surface area contributed by atoms with Crippen molar-refractivity contribution in [1.82, 2.24) is 4.98 Å². The molecule has 0 fully saturated rings. The minimum Gasteiger partial charge on any atom is -0.330 e. The third kappa shape index (κ3) is 3.30. The minimum absolute atomic E-state index is 0.0546. The fourth-order valence-electron chi connectivity index (χ4n) is 2.00. The zero-order valence-electron chi connectivity index (χ0n) is 10.9. The van der Waals surface area contributed by atoms with Crippen LogP contribution in [0.15, 0.2) is 36.5 Å². The number of aromatic nitrogens is 1. The van der Waals surface area contributed by atoms with Crippen molar-refractivity contribution in [3.05, 3.63) is 42.1 Å². The lowest BCUT2D eigenvalue weighted by Gasteiger charge is -2.12. The normalized spacial score (nSPS) is 13.6. The molecule has 1 aromatic carbocycles. The Morgan fingerprint density at radius 2 is 2.11 bits per heavy atom. The van der Waals surface area contributed by atoms with Gasteiger partial charge in [-0.2, -0.15) is 0 Å². The summed E-state index contributed by atoms with van der Waals surface area (Å²) in [5, 5.41) is 0.559. The maximum Gasteiger partial charge on any atom is 0.157 e. The molecule has 2 rings (SSSR count). The Hall–Kier alpha value is -1.46. The Bertz CT molecular complexity index is 668. The number of rotatable bonds is 5. The summed E-state index contributed by atoms with van der Waals surface area (Å²) in [6, 6.07) is 9.34. The van der Waals surface area contributed by atoms with Crippen molar-refractivity contribution < 1.29 is 8.42 Å². The minimum atomic E-state index is -3.14. The number of hydrogen-bond acceptors (Lipinski definition) is 4. The van der Waals surface area contributed by atoms with Crippen LogP contribution in [0.4, 0.5) is 0 Å². The van der Waals surface area contributed by atoms with E-state index in [1.807, 2.05) is 30.3 Å². The van der Waals surface area contributed by atoms with Crippen molar-refractivity contribution in [2.75, 3.05) is 6.54 Å². The Kier molecular flexibility index (Phi) is 4.17. The van der Waals surface area contributed by atoms with Gasteiger partial charge in [0.25, 0.3) is 0 Å². The molecule has 0 saturated heterocycles. The van der Waals surface area contributed by atoms with Crippen LogP contribution in [-0.4, -0.2) is 25.2 Å². The van der Waals surface area contributed by atoms with Gasteiger partial charge in [-0.3, -0.25) is 4.98 Å². The van der Waals surface area contributed by atoms with Crippen LogP contribution in [0.5, 0.6) is 0 Å². The van der Waals surface area contributed by atoms with E-state index >= 15 is 0 Å². The largest absolute Gasteiger partial charge is 0.330 e. The van der Waals surface area contributed by atoms with Gasteiger partial charge in [0.15, 0.2) is 9.84 Å². The van der Waals surface area contributed by atoms with Crippen LogP contribution in [0.2, 0.25) is 0 Å². The highest BCUT2D eigenvalue weighted by Gasteiger charge is 2.20. The first-order valence-corrected chi connectivity index (χ1v) is 8.00. The number of pyridine rings is 1. The van der Waals surface area contributed by atoms with Crippen molar-refractivity contribution in [3.63, 3.8) is 0 Å². The molecule has 1 heterocycles. The van der Waals surface area contributed by atoms with E-state index in [0.717, 1.165) is 16.5 Å². The molecular formula is C14H18N2O2S. The Morgan fingerprint density at radius 1 is 1.32 bits per heavy atom. The van der Waals surface area contributed by atoms with Gasteiger partial charge in [-0.25, -0.2) is 8.42 Å². The summed E-state index contributed by atoms with van der Waals surface area (Å²) < 4.78 is 24.3. The summed E-state index contributed by atoms with van der Waals surface area (Å²) in [4.78, 5) is 4.22. The fourth-order valence-corrected chi connectivity index (χ4v) is 3.43. The molecule has 1 aromatic heterocycles. The van der Waals surface area contributed by atoms with Crippen molar-refractivity contribution in [2.24, 2.45) is 5.73 Å². The van der Waals surface area contributed by atoms with Crippen LogP contribution in [0.3, 0.4) is 0 Å². The molecule has 1 unspecified atom stereocenters. The number of hydrogen-bond donors (Lipinski definition) is 1. The second-order valence-corrected chi connectivity index (χ2v) is 7.14. The topological polar surface area (TPSA) is 73.1 Å². The van der Waals surface area contributed by atoms with Gasteiger partial charge >= 0.3 is 0 Å². The van der Waals surface area contributed by atoms with Crippen molar-refractivity contribution in [1.29, 1.82) is 0 Å². The van der Waals surface area contributed by atoms with Crippen LogP contribution < -0.4 is 5.73 Å². The van der Waals surface area contributed by atoms with E-state index in [1.165, 1.54) is 0 Å². The molecule has 2 aromatic rings. The summed E-state index contributed by atoms with van der Waals surface area (Å²) in [7, 11) is -3.14. The SMILES string of the molecule is CC(CCN)S(=O)(=O)Cc1ccc2ncccc2c1. The average molecular weight is 278 g/mol. The third-order valence-corrected chi connectivity index (χ3v) is 5.42. The Balaban J connectivity index is 2.26. The standard InChI is InChI=1S/C14H18N2O2S/c1-11(6-7-15)19(17,18)10-12-4-5-14-13(9-12)3-2-8-16-14/h2-5,8-9,11H,6-7,10,15H2,1H3. The van der Waals surface area contributed by atoms with Crippen LogP contribution >= 0.6 is 0 Å². The summed E-state index contributed by atoms with van der Waals surface area (Å²) in [6.07, 6.45) is 2.22. The quantitative estimate of drug-likeness (QED) is 0.906. The highest BCUT2D eigenvalue weighted by atomic mass is 32.2. The molecule has 102 valence electrons. The molecule has 1 atom stereocenters. The average Bonchev–Trinajstić information content (AvgIpc) is 2.38. The van der Waals surface area contributed by atoms with E-state index in [4.69, 9.17) is 5.73 Å². The van der Waals surface area contributed by atoms with E-state index in [0.29, 0.717) is 13.0 Å². The molecule has 0 amide bonds. The first-order chi connectivity index (χ1) is 9.03. The molecule has 19 heavy (non-hydrogen) atoms. The molecule has 5 heteroatoms. The lowest BCUT2D eigenvalue weighted by Crippen LogP contribution is -2.22. The fraction of sp³-hybridized carbons (Fsp3) is 0.357. The molecule has 0 aliphatic rings. The first-order valence-electron chi connectivity index (χ1n) is 6.28. The lowest BCUT2D eigenvalue weighted by atomic mass is 10.1. The summed E-state index contributed by atoms with van der Waals surface area (Å²) in [5.41, 5.74) is 7.09. The van der Waals surface area contributed by atoms with E-state index in [9.17, 15) is 8.42 Å². The molecule has 4 nitrogen and oxygen atoms in total. The van der Waals surface area contributed by atoms with Crippen LogP contribution in [0.1, 0.15) is 18.9 Å². The zero-order valence-corrected chi connectivity index (χ0v) is 11.7. The van der Waals surface area contributed by atoms with Gasteiger partial charge < -0.3 is 5.73 Å². The predicted molar refractivity (Wildman–Crippen MR) is 77.5 cm³/mol. The van der Waals surface area contributed by atoms with Gasteiger partial charge in [0.1, 0.15) is 0 Å². The monoisotopic (exact) mass is 278 g/mol. The van der Waals surface area contributed by atoms with Gasteiger partial charge in [-0.05, 0) is 43.7 Å². The number of benzene rings is 1. The van der Waals surface area contributed by atoms with E-state index in [2.05, 4.69) is 4.98 Å². The number of fused-ring (bicyclic) bond motifs is 1.